The number of fused-ring (bicyclic) bond motifs is 1. The third-order valence-electron chi connectivity index (χ3n) is 3.24. The van der Waals surface area contributed by atoms with E-state index < -0.39 is 11.8 Å². The minimum atomic E-state index is -0.642. The summed E-state index contributed by atoms with van der Waals surface area (Å²) >= 11 is 7.20. The standard InChI is InChI=1S/C16H12ClN5O2S/c1-25-16-18-8-10(17)13(20-16)15(24)22-21-14(23)12-7-6-9-4-2-3-5-11(9)19-12/h2-8H,1H3,(H,21,23)(H,22,24). The van der Waals surface area contributed by atoms with E-state index in [1.54, 1.807) is 24.5 Å². The Morgan fingerprint density at radius 3 is 2.60 bits per heavy atom. The summed E-state index contributed by atoms with van der Waals surface area (Å²) in [7, 11) is 0. The monoisotopic (exact) mass is 373 g/mol. The molecule has 0 aliphatic rings. The minimum absolute atomic E-state index is 0.0206. The maximum absolute atomic E-state index is 12.2. The number of rotatable bonds is 3. The Morgan fingerprint density at radius 1 is 1.04 bits per heavy atom. The molecule has 0 unspecified atom stereocenters. The molecule has 3 aromatic rings. The van der Waals surface area contributed by atoms with Gasteiger partial charge in [0.05, 0.1) is 16.7 Å². The zero-order chi connectivity index (χ0) is 17.8. The molecule has 2 heterocycles. The van der Waals surface area contributed by atoms with Gasteiger partial charge in [-0.05, 0) is 18.4 Å². The van der Waals surface area contributed by atoms with Crippen molar-refractivity contribution in [2.45, 2.75) is 5.16 Å². The molecule has 0 fully saturated rings. The number of para-hydroxylation sites is 1. The number of pyridine rings is 1. The maximum atomic E-state index is 12.2. The van der Waals surface area contributed by atoms with Gasteiger partial charge in [0.2, 0.25) is 0 Å². The first-order valence-electron chi connectivity index (χ1n) is 7.11. The molecule has 0 bridgehead atoms. The van der Waals surface area contributed by atoms with E-state index in [1.807, 2.05) is 18.2 Å². The van der Waals surface area contributed by atoms with Crippen LogP contribution in [0.1, 0.15) is 21.0 Å². The molecular formula is C16H12ClN5O2S. The Labute approximate surface area is 152 Å². The van der Waals surface area contributed by atoms with Crippen molar-refractivity contribution in [2.75, 3.05) is 6.26 Å². The molecule has 0 spiro atoms. The van der Waals surface area contributed by atoms with Crippen molar-refractivity contribution < 1.29 is 9.59 Å². The summed E-state index contributed by atoms with van der Waals surface area (Å²) < 4.78 is 0. The first-order chi connectivity index (χ1) is 12.1. The Hall–Kier alpha value is -2.71. The van der Waals surface area contributed by atoms with Gasteiger partial charge < -0.3 is 0 Å². The first kappa shape index (κ1) is 17.1. The molecule has 25 heavy (non-hydrogen) atoms. The van der Waals surface area contributed by atoms with Crippen LogP contribution in [-0.2, 0) is 0 Å². The topological polar surface area (TPSA) is 96.9 Å². The predicted molar refractivity (Wildman–Crippen MR) is 95.5 cm³/mol. The Morgan fingerprint density at radius 2 is 1.80 bits per heavy atom. The third-order valence-corrected chi connectivity index (χ3v) is 4.08. The second-order valence-electron chi connectivity index (χ2n) is 4.85. The van der Waals surface area contributed by atoms with Crippen molar-refractivity contribution in [2.24, 2.45) is 0 Å². The van der Waals surface area contributed by atoms with E-state index >= 15 is 0 Å². The van der Waals surface area contributed by atoms with Crippen molar-refractivity contribution in [1.29, 1.82) is 0 Å². The van der Waals surface area contributed by atoms with E-state index in [0.717, 1.165) is 5.39 Å². The van der Waals surface area contributed by atoms with Gasteiger partial charge in [-0.2, -0.15) is 0 Å². The molecular weight excluding hydrogens is 362 g/mol. The second-order valence-corrected chi connectivity index (χ2v) is 6.03. The van der Waals surface area contributed by atoms with Crippen molar-refractivity contribution >= 4 is 46.1 Å². The van der Waals surface area contributed by atoms with E-state index in [4.69, 9.17) is 11.6 Å². The van der Waals surface area contributed by atoms with Gasteiger partial charge in [-0.1, -0.05) is 47.6 Å². The lowest BCUT2D eigenvalue weighted by molar-refractivity contribution is 0.0841. The minimum Gasteiger partial charge on any atom is -0.266 e. The number of carbonyl (C=O) groups excluding carboxylic acids is 2. The molecule has 0 radical (unpaired) electrons. The van der Waals surface area contributed by atoms with Gasteiger partial charge in [-0.25, -0.2) is 15.0 Å². The van der Waals surface area contributed by atoms with Gasteiger partial charge in [0.25, 0.3) is 11.8 Å². The number of nitrogens with zero attached hydrogens (tertiary/aromatic N) is 3. The summed E-state index contributed by atoms with van der Waals surface area (Å²) in [4.78, 5) is 36.6. The van der Waals surface area contributed by atoms with Crippen molar-refractivity contribution in [3.63, 3.8) is 0 Å². The number of aromatic nitrogens is 3. The number of hydrogen-bond donors (Lipinski definition) is 2. The highest BCUT2D eigenvalue weighted by Gasteiger charge is 2.16. The molecule has 7 nitrogen and oxygen atoms in total. The fourth-order valence-electron chi connectivity index (χ4n) is 2.04. The van der Waals surface area contributed by atoms with Gasteiger partial charge in [0.15, 0.2) is 10.9 Å². The summed E-state index contributed by atoms with van der Waals surface area (Å²) in [5, 5.41) is 1.41. The molecule has 0 aliphatic heterocycles. The summed E-state index contributed by atoms with van der Waals surface area (Å²) in [6.07, 6.45) is 3.11. The quantitative estimate of drug-likeness (QED) is 0.416. The van der Waals surface area contributed by atoms with Crippen LogP contribution in [0.4, 0.5) is 0 Å². The zero-order valence-electron chi connectivity index (χ0n) is 13.0. The van der Waals surface area contributed by atoms with Crippen molar-refractivity contribution in [3.05, 3.63) is 59.0 Å². The van der Waals surface area contributed by atoms with Crippen LogP contribution in [0.25, 0.3) is 10.9 Å². The normalized spacial score (nSPS) is 10.5. The Balaban J connectivity index is 1.71. The van der Waals surface area contributed by atoms with Gasteiger partial charge in [0.1, 0.15) is 5.69 Å². The summed E-state index contributed by atoms with van der Waals surface area (Å²) in [6.45, 7) is 0. The Bertz CT molecular complexity index is 966. The van der Waals surface area contributed by atoms with Gasteiger partial charge in [0, 0.05) is 5.39 Å². The van der Waals surface area contributed by atoms with Crippen molar-refractivity contribution in [1.82, 2.24) is 25.8 Å². The molecule has 0 saturated carbocycles. The van der Waals surface area contributed by atoms with Crippen LogP contribution < -0.4 is 10.9 Å². The van der Waals surface area contributed by atoms with Crippen LogP contribution in [0, 0.1) is 0 Å². The zero-order valence-corrected chi connectivity index (χ0v) is 14.6. The van der Waals surface area contributed by atoms with Crippen LogP contribution in [0.15, 0.2) is 47.8 Å². The fourth-order valence-corrected chi connectivity index (χ4v) is 2.56. The highest BCUT2D eigenvalue weighted by Crippen LogP contribution is 2.16. The molecule has 3 rings (SSSR count). The van der Waals surface area contributed by atoms with Crippen LogP contribution in [0.2, 0.25) is 5.02 Å². The number of amides is 2. The van der Waals surface area contributed by atoms with E-state index in [0.29, 0.717) is 10.7 Å². The van der Waals surface area contributed by atoms with Gasteiger partial charge in [-0.15, -0.1) is 0 Å². The molecule has 2 N–H and O–H groups in total. The molecule has 2 amide bonds. The van der Waals surface area contributed by atoms with Crippen molar-refractivity contribution in [3.8, 4) is 0 Å². The average molecular weight is 374 g/mol. The van der Waals surface area contributed by atoms with Crippen LogP contribution in [0.3, 0.4) is 0 Å². The average Bonchev–Trinajstić information content (AvgIpc) is 2.65. The third kappa shape index (κ3) is 3.86. The highest BCUT2D eigenvalue weighted by atomic mass is 35.5. The Kier molecular flexibility index (Phi) is 5.11. The number of hydrazine groups is 1. The lowest BCUT2D eigenvalue weighted by atomic mass is 10.2. The van der Waals surface area contributed by atoms with E-state index in [1.165, 1.54) is 18.0 Å². The smallest absolute Gasteiger partial charge is 0.266 e. The van der Waals surface area contributed by atoms with Crippen LogP contribution in [0.5, 0.6) is 0 Å². The predicted octanol–water partition coefficient (Wildman–Crippen LogP) is 2.47. The molecule has 0 atom stereocenters. The number of thioether (sulfide) groups is 1. The van der Waals surface area contributed by atoms with Gasteiger partial charge >= 0.3 is 0 Å². The fraction of sp³-hybridized carbons (Fsp3) is 0.0625. The summed E-state index contributed by atoms with van der Waals surface area (Å²) in [5.74, 6) is -1.19. The van der Waals surface area contributed by atoms with E-state index in [2.05, 4.69) is 25.8 Å². The number of benzene rings is 1. The number of hydrogen-bond acceptors (Lipinski definition) is 6. The molecule has 9 heteroatoms. The molecule has 126 valence electrons. The summed E-state index contributed by atoms with van der Waals surface area (Å²) in [6, 6.07) is 10.8. The number of carbonyl (C=O) groups is 2. The molecule has 0 saturated heterocycles. The van der Waals surface area contributed by atoms with Gasteiger partial charge in [-0.3, -0.25) is 20.4 Å². The van der Waals surface area contributed by atoms with Crippen LogP contribution >= 0.6 is 23.4 Å². The molecule has 1 aromatic carbocycles. The summed E-state index contributed by atoms with van der Waals surface area (Å²) in [5.41, 5.74) is 5.42. The second kappa shape index (κ2) is 7.45. The lowest BCUT2D eigenvalue weighted by Crippen LogP contribution is -2.42. The largest absolute Gasteiger partial charge is 0.289 e. The molecule has 0 aliphatic carbocycles. The van der Waals surface area contributed by atoms with Crippen LogP contribution in [-0.4, -0.2) is 33.0 Å². The van der Waals surface area contributed by atoms with E-state index in [9.17, 15) is 9.59 Å². The number of nitrogens with one attached hydrogen (secondary N) is 2. The highest BCUT2D eigenvalue weighted by molar-refractivity contribution is 7.98. The first-order valence-corrected chi connectivity index (χ1v) is 8.72. The SMILES string of the molecule is CSc1ncc(Cl)c(C(=O)NNC(=O)c2ccc3ccccc3n2)n1. The number of halogens is 1. The molecule has 2 aromatic heterocycles. The lowest BCUT2D eigenvalue weighted by Gasteiger charge is -2.08. The van der Waals surface area contributed by atoms with E-state index in [-0.39, 0.29) is 16.4 Å². The maximum Gasteiger partial charge on any atom is 0.289 e.